The fourth-order valence-electron chi connectivity index (χ4n) is 1.52. The fraction of sp³-hybridized carbons (Fsp3) is 0.300. The van der Waals surface area contributed by atoms with Crippen LogP contribution in [-0.2, 0) is 11.3 Å². The lowest BCUT2D eigenvalue weighted by atomic mass is 10.0. The molecule has 0 unspecified atom stereocenters. The molecule has 0 saturated carbocycles. The number of ether oxygens (including phenoxy) is 2. The van der Waals surface area contributed by atoms with Gasteiger partial charge in [0, 0.05) is 11.1 Å². The molecule has 0 radical (unpaired) electrons. The number of alkyl halides is 2. The number of fused-ring (bicyclic) bond motifs is 1. The van der Waals surface area contributed by atoms with E-state index in [0.29, 0.717) is 16.8 Å². The monoisotopic (exact) mass is 229 g/mol. The minimum Gasteiger partial charge on any atom is -0.411 e. The highest BCUT2D eigenvalue weighted by Gasteiger charge is 2.39. The molecule has 6 heteroatoms. The third-order valence-electron chi connectivity index (χ3n) is 2.29. The van der Waals surface area contributed by atoms with E-state index >= 15 is 0 Å². The van der Waals surface area contributed by atoms with Crippen molar-refractivity contribution in [1.82, 2.24) is 0 Å². The van der Waals surface area contributed by atoms with Crippen molar-refractivity contribution < 1.29 is 23.5 Å². The second-order valence-corrected chi connectivity index (χ2v) is 3.32. The number of hydrogen-bond donors (Lipinski definition) is 1. The zero-order chi connectivity index (χ0) is 11.8. The van der Waals surface area contributed by atoms with Crippen molar-refractivity contribution in [2.45, 2.75) is 19.8 Å². The molecular formula is C10H9F2NO3. The van der Waals surface area contributed by atoms with Gasteiger partial charge in [-0.25, -0.2) is 0 Å². The van der Waals surface area contributed by atoms with Gasteiger partial charge in [0.25, 0.3) is 0 Å². The van der Waals surface area contributed by atoms with E-state index in [0.717, 1.165) is 0 Å². The molecule has 16 heavy (non-hydrogen) atoms. The Hall–Kier alpha value is -1.69. The van der Waals surface area contributed by atoms with Crippen LogP contribution >= 0.6 is 0 Å². The summed E-state index contributed by atoms with van der Waals surface area (Å²) in [5.74, 6) is 0.0387. The molecule has 0 aliphatic carbocycles. The number of benzene rings is 1. The van der Waals surface area contributed by atoms with Gasteiger partial charge < -0.3 is 9.94 Å². The van der Waals surface area contributed by atoms with Crippen LogP contribution in [0.1, 0.15) is 18.1 Å². The summed E-state index contributed by atoms with van der Waals surface area (Å²) in [6, 6.07) is 4.61. The molecule has 1 aromatic rings. The Balaban J connectivity index is 2.47. The highest BCUT2D eigenvalue weighted by molar-refractivity contribution is 6.00. The van der Waals surface area contributed by atoms with E-state index in [1.165, 1.54) is 6.07 Å². The molecular weight excluding hydrogens is 220 g/mol. The van der Waals surface area contributed by atoms with Crippen LogP contribution in [0.15, 0.2) is 23.4 Å². The first-order valence-electron chi connectivity index (χ1n) is 4.55. The van der Waals surface area contributed by atoms with E-state index in [-0.39, 0.29) is 12.4 Å². The van der Waals surface area contributed by atoms with Crippen LogP contribution in [0.2, 0.25) is 0 Å². The molecule has 0 amide bonds. The minimum atomic E-state index is -3.60. The van der Waals surface area contributed by atoms with Crippen molar-refractivity contribution >= 4 is 5.71 Å². The van der Waals surface area contributed by atoms with Gasteiger partial charge in [0.15, 0.2) is 0 Å². The molecule has 1 N–H and O–H groups in total. The summed E-state index contributed by atoms with van der Waals surface area (Å²) >= 11 is 0. The zero-order valence-corrected chi connectivity index (χ0v) is 8.41. The predicted octanol–water partition coefficient (Wildman–Crippen LogP) is 2.34. The van der Waals surface area contributed by atoms with E-state index in [1.807, 2.05) is 0 Å². The highest BCUT2D eigenvalue weighted by Crippen LogP contribution is 2.35. The topological polar surface area (TPSA) is 51.1 Å². The SMILES string of the molecule is CC(=NO)c1cccc2c1COC(F)(F)O2. The highest BCUT2D eigenvalue weighted by atomic mass is 19.3. The van der Waals surface area contributed by atoms with Crippen LogP contribution < -0.4 is 4.74 Å². The molecule has 0 saturated heterocycles. The molecule has 1 aromatic carbocycles. The van der Waals surface area contributed by atoms with Crippen LogP contribution in [0.4, 0.5) is 8.78 Å². The largest absolute Gasteiger partial charge is 0.535 e. The molecule has 0 fully saturated rings. The minimum absolute atomic E-state index is 0.0387. The van der Waals surface area contributed by atoms with Crippen molar-refractivity contribution in [3.63, 3.8) is 0 Å². The maximum absolute atomic E-state index is 12.8. The molecule has 4 nitrogen and oxygen atoms in total. The molecule has 86 valence electrons. The lowest BCUT2D eigenvalue weighted by Gasteiger charge is -2.26. The second-order valence-electron chi connectivity index (χ2n) is 3.32. The smallest absolute Gasteiger partial charge is 0.411 e. The maximum Gasteiger partial charge on any atom is 0.535 e. The molecule has 1 heterocycles. The summed E-state index contributed by atoms with van der Waals surface area (Å²) in [6.45, 7) is 1.27. The van der Waals surface area contributed by atoms with Gasteiger partial charge in [-0.2, -0.15) is 0 Å². The van der Waals surface area contributed by atoms with Crippen molar-refractivity contribution in [3.8, 4) is 5.75 Å². The number of hydrogen-bond acceptors (Lipinski definition) is 4. The molecule has 0 bridgehead atoms. The second kappa shape index (κ2) is 3.71. The Morgan fingerprint density at radius 1 is 1.50 bits per heavy atom. The van der Waals surface area contributed by atoms with E-state index in [4.69, 9.17) is 5.21 Å². The first-order valence-corrected chi connectivity index (χ1v) is 4.55. The van der Waals surface area contributed by atoms with Gasteiger partial charge in [0.2, 0.25) is 0 Å². The lowest BCUT2D eigenvalue weighted by Crippen LogP contribution is -2.33. The third-order valence-corrected chi connectivity index (χ3v) is 2.29. The van der Waals surface area contributed by atoms with Gasteiger partial charge in [-0.05, 0) is 13.0 Å². The van der Waals surface area contributed by atoms with Crippen LogP contribution in [0.3, 0.4) is 0 Å². The summed E-state index contributed by atoms with van der Waals surface area (Å²) in [5.41, 5.74) is 1.29. The summed E-state index contributed by atoms with van der Waals surface area (Å²) in [5, 5.41) is 11.7. The standard InChI is InChI=1S/C10H9F2NO3/c1-6(13-14)7-3-2-4-9-8(7)5-15-10(11,12)16-9/h2-4,14H,5H2,1H3. The van der Waals surface area contributed by atoms with E-state index < -0.39 is 6.29 Å². The molecule has 0 aromatic heterocycles. The van der Waals surface area contributed by atoms with Gasteiger partial charge in [0.1, 0.15) is 5.75 Å². The molecule has 1 aliphatic rings. The summed E-state index contributed by atoms with van der Waals surface area (Å²) in [4.78, 5) is 0. The maximum atomic E-state index is 12.8. The quantitative estimate of drug-likeness (QED) is 0.457. The lowest BCUT2D eigenvalue weighted by molar-refractivity contribution is -0.368. The third kappa shape index (κ3) is 1.83. The van der Waals surface area contributed by atoms with E-state index in [1.54, 1.807) is 19.1 Å². The Labute approximate surface area is 90.1 Å². The van der Waals surface area contributed by atoms with Crippen molar-refractivity contribution in [3.05, 3.63) is 29.3 Å². The Morgan fingerprint density at radius 2 is 2.25 bits per heavy atom. The van der Waals surface area contributed by atoms with Gasteiger partial charge in [-0.15, -0.1) is 8.78 Å². The molecule has 2 rings (SSSR count). The van der Waals surface area contributed by atoms with Crippen molar-refractivity contribution in [1.29, 1.82) is 0 Å². The Morgan fingerprint density at radius 3 is 2.94 bits per heavy atom. The van der Waals surface area contributed by atoms with Crippen molar-refractivity contribution in [2.24, 2.45) is 5.16 Å². The summed E-state index contributed by atoms with van der Waals surface area (Å²) in [6.07, 6.45) is -3.60. The van der Waals surface area contributed by atoms with Crippen LogP contribution in [0, 0.1) is 0 Å². The zero-order valence-electron chi connectivity index (χ0n) is 8.41. The van der Waals surface area contributed by atoms with Gasteiger partial charge in [-0.3, -0.25) is 4.74 Å². The number of rotatable bonds is 1. The predicted molar refractivity (Wildman–Crippen MR) is 50.8 cm³/mol. The van der Waals surface area contributed by atoms with E-state index in [2.05, 4.69) is 14.6 Å². The molecule has 0 spiro atoms. The Kier molecular flexibility index (Phi) is 2.51. The first kappa shape index (κ1) is 10.8. The average molecular weight is 229 g/mol. The Bertz CT molecular complexity index is 446. The van der Waals surface area contributed by atoms with Crippen LogP contribution in [-0.4, -0.2) is 17.2 Å². The number of oxime groups is 1. The average Bonchev–Trinajstić information content (AvgIpc) is 2.25. The molecule has 0 atom stereocenters. The summed E-state index contributed by atoms with van der Waals surface area (Å²) < 4.78 is 34.1. The number of halogens is 2. The van der Waals surface area contributed by atoms with Crippen molar-refractivity contribution in [2.75, 3.05) is 0 Å². The normalized spacial score (nSPS) is 18.8. The van der Waals surface area contributed by atoms with Gasteiger partial charge in [-0.1, -0.05) is 17.3 Å². The fourth-order valence-corrected chi connectivity index (χ4v) is 1.52. The van der Waals surface area contributed by atoms with Crippen LogP contribution in [0.5, 0.6) is 5.75 Å². The van der Waals surface area contributed by atoms with Crippen LogP contribution in [0.25, 0.3) is 0 Å². The van der Waals surface area contributed by atoms with Gasteiger partial charge in [0.05, 0.1) is 12.3 Å². The first-order chi connectivity index (χ1) is 7.53. The van der Waals surface area contributed by atoms with E-state index in [9.17, 15) is 8.78 Å². The summed E-state index contributed by atoms with van der Waals surface area (Å²) in [7, 11) is 0. The molecule has 1 aliphatic heterocycles. The number of nitrogens with zero attached hydrogens (tertiary/aromatic N) is 1. The van der Waals surface area contributed by atoms with Gasteiger partial charge >= 0.3 is 6.29 Å².